The van der Waals surface area contributed by atoms with Crippen LogP contribution < -0.4 is 4.90 Å². The lowest BCUT2D eigenvalue weighted by atomic mass is 10.2. The molecule has 0 radical (unpaired) electrons. The first-order chi connectivity index (χ1) is 8.93. The molecular weight excluding hydrogens is 242 g/mol. The SMILES string of the molecule is Cc1cc(C#N)cc(N(CCCC(=O)O)C(C)C)n1. The summed E-state index contributed by atoms with van der Waals surface area (Å²) < 4.78 is 0. The zero-order valence-electron chi connectivity index (χ0n) is 11.6. The van der Waals surface area contributed by atoms with E-state index in [0.29, 0.717) is 18.5 Å². The van der Waals surface area contributed by atoms with Crippen molar-refractivity contribution in [1.82, 2.24) is 4.98 Å². The van der Waals surface area contributed by atoms with Gasteiger partial charge in [-0.25, -0.2) is 4.98 Å². The summed E-state index contributed by atoms with van der Waals surface area (Å²) in [5, 5.41) is 17.7. The third-order valence-electron chi connectivity index (χ3n) is 2.78. The Hall–Kier alpha value is -2.09. The lowest BCUT2D eigenvalue weighted by Gasteiger charge is -2.28. The number of carboxylic acid groups (broad SMARTS) is 1. The second kappa shape index (κ2) is 6.74. The van der Waals surface area contributed by atoms with Crippen LogP contribution in [0, 0.1) is 18.3 Å². The Morgan fingerprint density at radius 3 is 2.74 bits per heavy atom. The molecule has 0 bridgehead atoms. The Labute approximate surface area is 113 Å². The van der Waals surface area contributed by atoms with Crippen molar-refractivity contribution in [2.75, 3.05) is 11.4 Å². The van der Waals surface area contributed by atoms with Crippen LogP contribution in [-0.4, -0.2) is 28.6 Å². The van der Waals surface area contributed by atoms with E-state index < -0.39 is 5.97 Å². The van der Waals surface area contributed by atoms with Gasteiger partial charge in [0, 0.05) is 24.7 Å². The van der Waals surface area contributed by atoms with Gasteiger partial charge in [-0.2, -0.15) is 5.26 Å². The number of carbonyl (C=O) groups is 1. The zero-order chi connectivity index (χ0) is 14.4. The normalized spacial score (nSPS) is 10.3. The van der Waals surface area contributed by atoms with E-state index in [-0.39, 0.29) is 12.5 Å². The first kappa shape index (κ1) is 15.0. The van der Waals surface area contributed by atoms with Crippen molar-refractivity contribution in [2.24, 2.45) is 0 Å². The third kappa shape index (κ3) is 4.59. The maximum absolute atomic E-state index is 10.6. The summed E-state index contributed by atoms with van der Waals surface area (Å²) in [6, 6.07) is 5.80. The second-order valence-electron chi connectivity index (χ2n) is 4.75. The molecule has 0 aromatic carbocycles. The molecule has 0 amide bonds. The Balaban J connectivity index is 2.90. The number of rotatable bonds is 6. The lowest BCUT2D eigenvalue weighted by molar-refractivity contribution is -0.137. The molecule has 1 aromatic rings. The summed E-state index contributed by atoms with van der Waals surface area (Å²) in [4.78, 5) is 17.0. The number of nitriles is 1. The second-order valence-corrected chi connectivity index (χ2v) is 4.75. The van der Waals surface area contributed by atoms with Crippen LogP contribution in [-0.2, 0) is 4.79 Å². The van der Waals surface area contributed by atoms with Crippen LogP contribution in [0.25, 0.3) is 0 Å². The summed E-state index contributed by atoms with van der Waals surface area (Å²) in [5.41, 5.74) is 1.37. The van der Waals surface area contributed by atoms with Crippen molar-refractivity contribution in [3.8, 4) is 6.07 Å². The van der Waals surface area contributed by atoms with Crippen LogP contribution >= 0.6 is 0 Å². The van der Waals surface area contributed by atoms with Crippen LogP contribution in [0.3, 0.4) is 0 Å². The average Bonchev–Trinajstić information content (AvgIpc) is 2.32. The molecule has 0 unspecified atom stereocenters. The standard InChI is InChI=1S/C14H19N3O2/c1-10(2)17(6-4-5-14(18)19)13-8-12(9-15)7-11(3)16-13/h7-8,10H,4-6H2,1-3H3,(H,18,19). The monoisotopic (exact) mass is 261 g/mol. The van der Waals surface area contributed by atoms with Crippen LogP contribution in [0.4, 0.5) is 5.82 Å². The molecule has 19 heavy (non-hydrogen) atoms. The average molecular weight is 261 g/mol. The van der Waals surface area contributed by atoms with E-state index in [0.717, 1.165) is 11.5 Å². The maximum atomic E-state index is 10.6. The Bertz CT molecular complexity index is 492. The molecule has 102 valence electrons. The maximum Gasteiger partial charge on any atom is 0.303 e. The molecule has 0 saturated heterocycles. The highest BCUT2D eigenvalue weighted by atomic mass is 16.4. The topological polar surface area (TPSA) is 77.2 Å². The first-order valence-corrected chi connectivity index (χ1v) is 6.31. The van der Waals surface area contributed by atoms with Crippen molar-refractivity contribution < 1.29 is 9.90 Å². The number of carboxylic acids is 1. The van der Waals surface area contributed by atoms with Gasteiger partial charge in [0.2, 0.25) is 0 Å². The molecule has 5 heteroatoms. The summed E-state index contributed by atoms with van der Waals surface area (Å²) in [6.07, 6.45) is 0.700. The molecule has 1 aromatic heterocycles. The van der Waals surface area contributed by atoms with Gasteiger partial charge in [-0.15, -0.1) is 0 Å². The molecule has 0 aliphatic carbocycles. The van der Waals surface area contributed by atoms with E-state index in [9.17, 15) is 4.79 Å². The molecule has 0 atom stereocenters. The van der Waals surface area contributed by atoms with E-state index in [1.807, 2.05) is 25.7 Å². The first-order valence-electron chi connectivity index (χ1n) is 6.31. The fraction of sp³-hybridized carbons (Fsp3) is 0.500. The van der Waals surface area contributed by atoms with Crippen molar-refractivity contribution in [1.29, 1.82) is 5.26 Å². The van der Waals surface area contributed by atoms with E-state index in [4.69, 9.17) is 10.4 Å². The molecule has 1 heterocycles. The van der Waals surface area contributed by atoms with Crippen LogP contribution in [0.5, 0.6) is 0 Å². The molecule has 1 N–H and O–H groups in total. The Kier molecular flexibility index (Phi) is 5.31. The molecule has 1 rings (SSSR count). The molecule has 5 nitrogen and oxygen atoms in total. The summed E-state index contributed by atoms with van der Waals surface area (Å²) in [7, 11) is 0. The van der Waals surface area contributed by atoms with Gasteiger partial charge in [0.15, 0.2) is 0 Å². The molecule has 0 aliphatic heterocycles. The van der Waals surface area contributed by atoms with E-state index in [2.05, 4.69) is 11.1 Å². The smallest absolute Gasteiger partial charge is 0.303 e. The summed E-state index contributed by atoms with van der Waals surface area (Å²) in [6.45, 7) is 6.51. The number of hydrogen-bond acceptors (Lipinski definition) is 4. The van der Waals surface area contributed by atoms with E-state index >= 15 is 0 Å². The number of aromatic nitrogens is 1. The third-order valence-corrected chi connectivity index (χ3v) is 2.78. The van der Waals surface area contributed by atoms with Gasteiger partial charge in [-0.05, 0) is 39.3 Å². The highest BCUT2D eigenvalue weighted by Gasteiger charge is 2.13. The van der Waals surface area contributed by atoms with E-state index in [1.54, 1.807) is 12.1 Å². The van der Waals surface area contributed by atoms with Crippen molar-refractivity contribution in [3.63, 3.8) is 0 Å². The van der Waals surface area contributed by atoms with Crippen LogP contribution in [0.2, 0.25) is 0 Å². The van der Waals surface area contributed by atoms with Gasteiger partial charge in [-0.3, -0.25) is 4.79 Å². The number of aliphatic carboxylic acids is 1. The minimum absolute atomic E-state index is 0.139. The minimum atomic E-state index is -0.793. The van der Waals surface area contributed by atoms with Gasteiger partial charge >= 0.3 is 5.97 Å². The highest BCUT2D eigenvalue weighted by molar-refractivity contribution is 5.66. The van der Waals surface area contributed by atoms with Crippen LogP contribution in [0.15, 0.2) is 12.1 Å². The van der Waals surface area contributed by atoms with Gasteiger partial charge in [0.1, 0.15) is 5.82 Å². The Morgan fingerprint density at radius 1 is 1.53 bits per heavy atom. The number of pyridine rings is 1. The Morgan fingerprint density at radius 2 is 2.21 bits per heavy atom. The van der Waals surface area contributed by atoms with Crippen LogP contribution in [0.1, 0.15) is 37.9 Å². The van der Waals surface area contributed by atoms with Crippen molar-refractivity contribution >= 4 is 11.8 Å². The van der Waals surface area contributed by atoms with Gasteiger partial charge in [0.25, 0.3) is 0 Å². The zero-order valence-corrected chi connectivity index (χ0v) is 11.6. The largest absolute Gasteiger partial charge is 0.481 e. The fourth-order valence-corrected chi connectivity index (χ4v) is 1.90. The summed E-state index contributed by atoms with van der Waals surface area (Å²) in [5.74, 6) is -0.0597. The number of anilines is 1. The number of hydrogen-bond donors (Lipinski definition) is 1. The highest BCUT2D eigenvalue weighted by Crippen LogP contribution is 2.18. The molecule has 0 spiro atoms. The molecule has 0 fully saturated rings. The summed E-state index contributed by atoms with van der Waals surface area (Å²) >= 11 is 0. The van der Waals surface area contributed by atoms with Gasteiger partial charge in [0.05, 0.1) is 11.6 Å². The predicted molar refractivity (Wildman–Crippen MR) is 73.0 cm³/mol. The molecular formula is C14H19N3O2. The predicted octanol–water partition coefficient (Wildman–Crippen LogP) is 2.34. The van der Waals surface area contributed by atoms with Gasteiger partial charge in [-0.1, -0.05) is 0 Å². The van der Waals surface area contributed by atoms with Gasteiger partial charge < -0.3 is 10.0 Å². The van der Waals surface area contributed by atoms with Crippen molar-refractivity contribution in [2.45, 2.75) is 39.7 Å². The fourth-order valence-electron chi connectivity index (χ4n) is 1.90. The van der Waals surface area contributed by atoms with Crippen molar-refractivity contribution in [3.05, 3.63) is 23.4 Å². The molecule has 0 saturated carbocycles. The van der Waals surface area contributed by atoms with E-state index in [1.165, 1.54) is 0 Å². The quantitative estimate of drug-likeness (QED) is 0.850. The number of nitrogens with zero attached hydrogens (tertiary/aromatic N) is 3. The number of aryl methyl sites for hydroxylation is 1. The lowest BCUT2D eigenvalue weighted by Crippen LogP contribution is -2.33. The molecule has 0 aliphatic rings. The minimum Gasteiger partial charge on any atom is -0.481 e.